The van der Waals surface area contributed by atoms with Crippen LogP contribution in [-0.2, 0) is 9.84 Å². The molecule has 1 aromatic carbocycles. The van der Waals surface area contributed by atoms with Gasteiger partial charge in [-0.2, -0.15) is 0 Å². The lowest BCUT2D eigenvalue weighted by atomic mass is 10.1. The largest absolute Gasteiger partial charge is 0.478 e. The smallest absolute Gasteiger partial charge is 0.335 e. The van der Waals surface area contributed by atoms with E-state index in [4.69, 9.17) is 5.11 Å². The predicted molar refractivity (Wildman–Crippen MR) is 69.5 cm³/mol. The fourth-order valence-corrected chi connectivity index (χ4v) is 2.94. The maximum absolute atomic E-state index is 11.9. The van der Waals surface area contributed by atoms with Crippen molar-refractivity contribution < 1.29 is 18.3 Å². The first kappa shape index (κ1) is 14.7. The minimum Gasteiger partial charge on any atom is -0.478 e. The van der Waals surface area contributed by atoms with Gasteiger partial charge >= 0.3 is 5.97 Å². The van der Waals surface area contributed by atoms with Gasteiger partial charge in [0.1, 0.15) is 0 Å². The van der Waals surface area contributed by atoms with Crippen molar-refractivity contribution in [3.8, 4) is 0 Å². The van der Waals surface area contributed by atoms with Crippen LogP contribution in [-0.4, -0.2) is 25.2 Å². The summed E-state index contributed by atoms with van der Waals surface area (Å²) in [5, 5.41) is 8.73. The molecule has 1 N–H and O–H groups in total. The van der Waals surface area contributed by atoms with Crippen LogP contribution in [0.25, 0.3) is 0 Å². The molecule has 18 heavy (non-hydrogen) atoms. The summed E-state index contributed by atoms with van der Waals surface area (Å²) in [5.41, 5.74) is 0.0936. The number of hydrogen-bond donors (Lipinski definition) is 1. The monoisotopic (exact) mass is 270 g/mol. The molecule has 0 aliphatic carbocycles. The average Bonchev–Trinajstić information content (AvgIpc) is 2.28. The molecule has 0 bridgehead atoms. The van der Waals surface area contributed by atoms with Gasteiger partial charge in [-0.15, -0.1) is 0 Å². The Morgan fingerprint density at radius 3 is 2.22 bits per heavy atom. The standard InChI is InChI=1S/C13H18O4S/c1-10(2)4-3-9-18(16,17)12-7-5-11(6-8-12)13(14)15/h5-8,10H,3-4,9H2,1-2H3,(H,14,15). The topological polar surface area (TPSA) is 71.4 Å². The molecule has 4 nitrogen and oxygen atoms in total. The number of aromatic carboxylic acids is 1. The van der Waals surface area contributed by atoms with Crippen LogP contribution >= 0.6 is 0 Å². The molecule has 1 rings (SSSR count). The Balaban J connectivity index is 2.76. The maximum atomic E-state index is 11.9. The Bertz CT molecular complexity index is 500. The molecule has 0 heterocycles. The molecule has 0 saturated carbocycles. The number of benzene rings is 1. The zero-order valence-corrected chi connectivity index (χ0v) is 11.4. The van der Waals surface area contributed by atoms with Crippen molar-refractivity contribution in [1.29, 1.82) is 0 Å². The summed E-state index contributed by atoms with van der Waals surface area (Å²) in [4.78, 5) is 10.9. The van der Waals surface area contributed by atoms with Gasteiger partial charge in [-0.1, -0.05) is 13.8 Å². The highest BCUT2D eigenvalue weighted by molar-refractivity contribution is 7.91. The van der Waals surface area contributed by atoms with E-state index in [1.807, 2.05) is 13.8 Å². The van der Waals surface area contributed by atoms with Crippen molar-refractivity contribution >= 4 is 15.8 Å². The molecule has 0 saturated heterocycles. The molecule has 0 aromatic heterocycles. The zero-order chi connectivity index (χ0) is 13.8. The average molecular weight is 270 g/mol. The van der Waals surface area contributed by atoms with Crippen molar-refractivity contribution in [2.45, 2.75) is 31.6 Å². The third kappa shape index (κ3) is 4.14. The van der Waals surface area contributed by atoms with Crippen molar-refractivity contribution in [1.82, 2.24) is 0 Å². The number of hydrogen-bond acceptors (Lipinski definition) is 3. The van der Waals surface area contributed by atoms with Crippen LogP contribution in [0.3, 0.4) is 0 Å². The van der Waals surface area contributed by atoms with Crippen LogP contribution in [0.1, 0.15) is 37.0 Å². The summed E-state index contributed by atoms with van der Waals surface area (Å²) in [7, 11) is -3.29. The minimum absolute atomic E-state index is 0.0936. The fraction of sp³-hybridized carbons (Fsp3) is 0.462. The van der Waals surface area contributed by atoms with Crippen LogP contribution in [0, 0.1) is 5.92 Å². The summed E-state index contributed by atoms with van der Waals surface area (Å²) in [5.74, 6) is -0.467. The normalized spacial score (nSPS) is 11.7. The van der Waals surface area contributed by atoms with E-state index in [2.05, 4.69) is 0 Å². The van der Waals surface area contributed by atoms with Gasteiger partial charge in [-0.25, -0.2) is 13.2 Å². The van der Waals surface area contributed by atoms with E-state index in [-0.39, 0.29) is 16.2 Å². The van der Waals surface area contributed by atoms with Gasteiger partial charge in [-0.3, -0.25) is 0 Å². The predicted octanol–water partition coefficient (Wildman–Crippen LogP) is 2.59. The third-order valence-corrected chi connectivity index (χ3v) is 4.47. The molecular weight excluding hydrogens is 252 g/mol. The molecule has 0 atom stereocenters. The summed E-state index contributed by atoms with van der Waals surface area (Å²) < 4.78 is 23.9. The number of sulfone groups is 1. The highest BCUT2D eigenvalue weighted by Crippen LogP contribution is 2.15. The molecule has 0 spiro atoms. The molecule has 0 fully saturated rings. The van der Waals surface area contributed by atoms with Crippen molar-refractivity contribution in [3.63, 3.8) is 0 Å². The highest BCUT2D eigenvalue weighted by Gasteiger charge is 2.15. The Morgan fingerprint density at radius 1 is 1.22 bits per heavy atom. The third-order valence-electron chi connectivity index (χ3n) is 2.65. The molecule has 0 unspecified atom stereocenters. The van der Waals surface area contributed by atoms with Gasteiger partial charge in [0.05, 0.1) is 16.2 Å². The fourth-order valence-electron chi connectivity index (χ4n) is 1.60. The van der Waals surface area contributed by atoms with E-state index < -0.39 is 15.8 Å². The van der Waals surface area contributed by atoms with Crippen molar-refractivity contribution in [2.75, 3.05) is 5.75 Å². The maximum Gasteiger partial charge on any atom is 0.335 e. The second-order valence-corrected chi connectivity index (χ2v) is 6.79. The Kier molecular flexibility index (Phi) is 4.90. The van der Waals surface area contributed by atoms with Gasteiger partial charge in [0.25, 0.3) is 0 Å². The van der Waals surface area contributed by atoms with Gasteiger partial charge < -0.3 is 5.11 Å². The Morgan fingerprint density at radius 2 is 1.78 bits per heavy atom. The molecule has 100 valence electrons. The van der Waals surface area contributed by atoms with Crippen LogP contribution < -0.4 is 0 Å². The molecule has 0 aliphatic heterocycles. The summed E-state index contributed by atoms with van der Waals surface area (Å²) >= 11 is 0. The van der Waals surface area contributed by atoms with Gasteiger partial charge in [0, 0.05) is 0 Å². The van der Waals surface area contributed by atoms with Crippen molar-refractivity contribution in [2.24, 2.45) is 5.92 Å². The van der Waals surface area contributed by atoms with Crippen LogP contribution in [0.4, 0.5) is 0 Å². The number of carbonyl (C=O) groups is 1. The lowest BCUT2D eigenvalue weighted by Crippen LogP contribution is -2.08. The van der Waals surface area contributed by atoms with Crippen LogP contribution in [0.2, 0.25) is 0 Å². The number of carboxylic acids is 1. The van der Waals surface area contributed by atoms with Gasteiger partial charge in [0.15, 0.2) is 9.84 Å². The first-order valence-corrected chi connectivity index (χ1v) is 7.54. The lowest BCUT2D eigenvalue weighted by Gasteiger charge is -2.06. The number of rotatable bonds is 6. The minimum atomic E-state index is -3.29. The van der Waals surface area contributed by atoms with E-state index in [0.717, 1.165) is 6.42 Å². The first-order valence-electron chi connectivity index (χ1n) is 5.89. The first-order chi connectivity index (χ1) is 8.33. The van der Waals surface area contributed by atoms with Gasteiger partial charge in [-0.05, 0) is 43.0 Å². The molecule has 1 aromatic rings. The molecule has 0 aliphatic rings. The zero-order valence-electron chi connectivity index (χ0n) is 10.6. The van der Waals surface area contributed by atoms with Gasteiger partial charge in [0.2, 0.25) is 0 Å². The van der Waals surface area contributed by atoms with E-state index in [1.54, 1.807) is 0 Å². The Labute approximate surface area is 108 Å². The number of carboxylic acid groups (broad SMARTS) is 1. The summed E-state index contributed by atoms with van der Waals surface area (Å²) in [6, 6.07) is 5.34. The van der Waals surface area contributed by atoms with E-state index in [1.165, 1.54) is 24.3 Å². The quantitative estimate of drug-likeness (QED) is 0.862. The summed E-state index contributed by atoms with van der Waals surface area (Å²) in [6.45, 7) is 4.10. The Hall–Kier alpha value is -1.36. The van der Waals surface area contributed by atoms with E-state index in [9.17, 15) is 13.2 Å². The highest BCUT2D eigenvalue weighted by atomic mass is 32.2. The van der Waals surface area contributed by atoms with Crippen LogP contribution in [0.5, 0.6) is 0 Å². The van der Waals surface area contributed by atoms with Crippen molar-refractivity contribution in [3.05, 3.63) is 29.8 Å². The second-order valence-electron chi connectivity index (χ2n) is 4.68. The molecule has 5 heteroatoms. The molecular formula is C13H18O4S. The summed E-state index contributed by atoms with van der Waals surface area (Å²) in [6.07, 6.45) is 1.49. The lowest BCUT2D eigenvalue weighted by molar-refractivity contribution is 0.0697. The molecule has 0 amide bonds. The molecule has 0 radical (unpaired) electrons. The van der Waals surface area contributed by atoms with E-state index >= 15 is 0 Å². The second kappa shape index (κ2) is 6.00. The van der Waals surface area contributed by atoms with Crippen LogP contribution in [0.15, 0.2) is 29.2 Å². The SMILES string of the molecule is CC(C)CCCS(=O)(=O)c1ccc(C(=O)O)cc1. The van der Waals surface area contributed by atoms with E-state index in [0.29, 0.717) is 12.3 Å².